The molecule has 0 aliphatic heterocycles. The van der Waals surface area contributed by atoms with E-state index >= 15 is 0 Å². The van der Waals surface area contributed by atoms with Crippen LogP contribution in [0.1, 0.15) is 60.5 Å². The van der Waals surface area contributed by atoms with Gasteiger partial charge in [0.15, 0.2) is 0 Å². The molecule has 0 aliphatic rings. The van der Waals surface area contributed by atoms with Crippen LogP contribution in [0.25, 0.3) is 0 Å². The van der Waals surface area contributed by atoms with Crippen LogP contribution >= 0.6 is 0 Å². The molecule has 0 unspecified atom stereocenters. The standard InChI is InChI=1S/C32H45N5O7/c1-20(2)18-24(34-29(40)26(21(3)4)35-30(41)44-32(5,6)7)27(38)33-25(19-22-14-10-8-11-15-22)28(39)36-37-31(42)43-23-16-12-9-13-17-23/h8-17,20-21,24-26H,18-19H2,1-7H3,(H,33,38)(H,34,40)(H,35,41)(H,36,39)(H,37,42)/t24-,25-,26-/m0/s1. The Morgan fingerprint density at radius 1 is 0.682 bits per heavy atom. The fourth-order valence-electron chi connectivity index (χ4n) is 4.09. The summed E-state index contributed by atoms with van der Waals surface area (Å²) in [6.45, 7) is 12.4. The quantitative estimate of drug-likeness (QED) is 0.229. The van der Waals surface area contributed by atoms with E-state index in [0.717, 1.165) is 5.56 Å². The molecule has 12 heteroatoms. The van der Waals surface area contributed by atoms with Crippen LogP contribution in [-0.4, -0.2) is 53.6 Å². The number of alkyl carbamates (subject to hydrolysis) is 1. The van der Waals surface area contributed by atoms with Crippen molar-refractivity contribution in [2.45, 2.75) is 85.0 Å². The van der Waals surface area contributed by atoms with E-state index in [1.807, 2.05) is 19.9 Å². The van der Waals surface area contributed by atoms with Gasteiger partial charge in [0.25, 0.3) is 5.91 Å². The van der Waals surface area contributed by atoms with Crippen LogP contribution in [0.2, 0.25) is 0 Å². The Bertz CT molecular complexity index is 1250. The number of amides is 5. The lowest BCUT2D eigenvalue weighted by molar-refractivity contribution is -0.133. The first-order chi connectivity index (χ1) is 20.6. The highest BCUT2D eigenvalue weighted by Gasteiger charge is 2.32. The second kappa shape index (κ2) is 16.9. The first-order valence-corrected chi connectivity index (χ1v) is 14.6. The summed E-state index contributed by atoms with van der Waals surface area (Å²) in [5, 5.41) is 8.05. The highest BCUT2D eigenvalue weighted by molar-refractivity contribution is 5.94. The predicted octanol–water partition coefficient (Wildman–Crippen LogP) is 3.61. The number of hydrogen-bond donors (Lipinski definition) is 5. The minimum Gasteiger partial charge on any atom is -0.444 e. The van der Waals surface area contributed by atoms with Gasteiger partial charge in [-0.15, -0.1) is 0 Å². The molecule has 240 valence electrons. The van der Waals surface area contributed by atoms with Crippen molar-refractivity contribution in [1.82, 2.24) is 26.8 Å². The number of hydrazine groups is 1. The summed E-state index contributed by atoms with van der Waals surface area (Å²) in [7, 11) is 0. The second-order valence-corrected chi connectivity index (χ2v) is 12.1. The number of ether oxygens (including phenoxy) is 2. The molecule has 2 aromatic carbocycles. The van der Waals surface area contributed by atoms with Crippen molar-refractivity contribution in [3.63, 3.8) is 0 Å². The Labute approximate surface area is 259 Å². The van der Waals surface area contributed by atoms with Gasteiger partial charge < -0.3 is 25.4 Å². The zero-order valence-corrected chi connectivity index (χ0v) is 26.4. The molecule has 12 nitrogen and oxygen atoms in total. The van der Waals surface area contributed by atoms with E-state index in [1.54, 1.807) is 89.2 Å². The fraction of sp³-hybridized carbons (Fsp3) is 0.469. The molecule has 0 saturated heterocycles. The summed E-state index contributed by atoms with van der Waals surface area (Å²) in [6.07, 6.45) is -1.31. The van der Waals surface area contributed by atoms with Crippen molar-refractivity contribution in [2.75, 3.05) is 0 Å². The maximum absolute atomic E-state index is 13.6. The van der Waals surface area contributed by atoms with E-state index in [-0.39, 0.29) is 30.4 Å². The summed E-state index contributed by atoms with van der Waals surface area (Å²) < 4.78 is 10.4. The van der Waals surface area contributed by atoms with Crippen molar-refractivity contribution in [1.29, 1.82) is 0 Å². The van der Waals surface area contributed by atoms with Gasteiger partial charge in [0, 0.05) is 6.42 Å². The number of rotatable bonds is 12. The van der Waals surface area contributed by atoms with E-state index in [2.05, 4.69) is 26.8 Å². The largest absolute Gasteiger partial charge is 0.444 e. The van der Waals surface area contributed by atoms with E-state index in [9.17, 15) is 24.0 Å². The Kier molecular flexibility index (Phi) is 13.7. The maximum atomic E-state index is 13.6. The lowest BCUT2D eigenvalue weighted by Gasteiger charge is -2.28. The molecule has 0 spiro atoms. The highest BCUT2D eigenvalue weighted by atomic mass is 16.6. The average molecular weight is 612 g/mol. The summed E-state index contributed by atoms with van der Waals surface area (Å²) in [5.74, 6) is -1.91. The molecule has 0 saturated carbocycles. The van der Waals surface area contributed by atoms with Gasteiger partial charge in [0.1, 0.15) is 29.5 Å². The molecule has 5 N–H and O–H groups in total. The van der Waals surface area contributed by atoms with E-state index < -0.39 is 53.6 Å². The molecular weight excluding hydrogens is 566 g/mol. The summed E-state index contributed by atoms with van der Waals surface area (Å²) in [4.78, 5) is 64.7. The van der Waals surface area contributed by atoms with Gasteiger partial charge in [-0.1, -0.05) is 76.2 Å². The van der Waals surface area contributed by atoms with Crippen molar-refractivity contribution in [3.05, 3.63) is 66.2 Å². The Morgan fingerprint density at radius 3 is 1.80 bits per heavy atom. The minimum absolute atomic E-state index is 0.00168. The van der Waals surface area contributed by atoms with Gasteiger partial charge in [-0.2, -0.15) is 0 Å². The van der Waals surface area contributed by atoms with Crippen LogP contribution < -0.4 is 31.5 Å². The summed E-state index contributed by atoms with van der Waals surface area (Å²) in [5.41, 5.74) is 4.48. The van der Waals surface area contributed by atoms with E-state index in [4.69, 9.17) is 9.47 Å². The van der Waals surface area contributed by atoms with Gasteiger partial charge in [0.2, 0.25) is 11.8 Å². The third-order valence-electron chi connectivity index (χ3n) is 6.12. The monoisotopic (exact) mass is 611 g/mol. The van der Waals surface area contributed by atoms with E-state index in [0.29, 0.717) is 0 Å². The number of carbonyl (C=O) groups is 5. The van der Waals surface area contributed by atoms with Crippen molar-refractivity contribution < 1.29 is 33.4 Å². The van der Waals surface area contributed by atoms with Crippen LogP contribution in [0.5, 0.6) is 5.75 Å². The van der Waals surface area contributed by atoms with Gasteiger partial charge in [0.05, 0.1) is 0 Å². The zero-order chi connectivity index (χ0) is 32.9. The smallest absolute Gasteiger partial charge is 0.431 e. The minimum atomic E-state index is -1.12. The van der Waals surface area contributed by atoms with E-state index in [1.165, 1.54) is 0 Å². The van der Waals surface area contributed by atoms with Crippen LogP contribution in [0.3, 0.4) is 0 Å². The number of hydrogen-bond acceptors (Lipinski definition) is 7. The number of benzene rings is 2. The molecule has 0 radical (unpaired) electrons. The molecular formula is C32H45N5O7. The number of carbonyl (C=O) groups excluding carboxylic acids is 5. The number of para-hydroxylation sites is 1. The predicted molar refractivity (Wildman–Crippen MR) is 165 cm³/mol. The van der Waals surface area contributed by atoms with Crippen LogP contribution in [-0.2, 0) is 25.5 Å². The van der Waals surface area contributed by atoms with Crippen LogP contribution in [0.4, 0.5) is 9.59 Å². The van der Waals surface area contributed by atoms with Gasteiger partial charge >= 0.3 is 12.2 Å². The molecule has 3 atom stereocenters. The average Bonchev–Trinajstić information content (AvgIpc) is 2.93. The molecule has 0 fully saturated rings. The molecule has 0 aliphatic carbocycles. The lowest BCUT2D eigenvalue weighted by Crippen LogP contribution is -2.59. The Hall–Kier alpha value is -4.61. The first-order valence-electron chi connectivity index (χ1n) is 14.6. The van der Waals surface area contributed by atoms with Crippen molar-refractivity contribution >= 4 is 29.9 Å². The Morgan fingerprint density at radius 2 is 1.25 bits per heavy atom. The second-order valence-electron chi connectivity index (χ2n) is 12.1. The third kappa shape index (κ3) is 13.1. The fourth-order valence-corrected chi connectivity index (χ4v) is 4.09. The van der Waals surface area contributed by atoms with Crippen LogP contribution in [0, 0.1) is 11.8 Å². The molecule has 0 bridgehead atoms. The lowest BCUT2D eigenvalue weighted by atomic mass is 9.99. The SMILES string of the molecule is CC(C)C[C@H](NC(=O)[C@@H](NC(=O)OC(C)(C)C)C(C)C)C(=O)N[C@@H](Cc1ccccc1)C(=O)NNC(=O)Oc1ccccc1. The molecule has 0 heterocycles. The zero-order valence-electron chi connectivity index (χ0n) is 26.4. The van der Waals surface area contributed by atoms with Crippen molar-refractivity contribution in [2.24, 2.45) is 11.8 Å². The van der Waals surface area contributed by atoms with Crippen LogP contribution in [0.15, 0.2) is 60.7 Å². The summed E-state index contributed by atoms with van der Waals surface area (Å²) in [6, 6.07) is 14.2. The van der Waals surface area contributed by atoms with Crippen molar-refractivity contribution in [3.8, 4) is 5.75 Å². The first kappa shape index (κ1) is 35.6. The molecule has 44 heavy (non-hydrogen) atoms. The molecule has 5 amide bonds. The van der Waals surface area contributed by atoms with Gasteiger partial charge in [-0.05, 0) is 56.7 Å². The molecule has 2 rings (SSSR count). The topological polar surface area (TPSA) is 164 Å². The summed E-state index contributed by atoms with van der Waals surface area (Å²) >= 11 is 0. The normalized spacial score (nSPS) is 13.2. The highest BCUT2D eigenvalue weighted by Crippen LogP contribution is 2.12. The molecule has 0 aromatic heterocycles. The van der Waals surface area contributed by atoms with Gasteiger partial charge in [-0.25, -0.2) is 15.0 Å². The maximum Gasteiger partial charge on any atom is 0.431 e. The van der Waals surface area contributed by atoms with Gasteiger partial charge in [-0.3, -0.25) is 19.8 Å². The Balaban J connectivity index is 2.17. The molecule has 2 aromatic rings. The number of nitrogens with one attached hydrogen (secondary N) is 5. The third-order valence-corrected chi connectivity index (χ3v) is 6.12.